The maximum atomic E-state index is 13.3. The molecule has 1 atom stereocenters. The van der Waals surface area contributed by atoms with Crippen LogP contribution in [0.3, 0.4) is 0 Å². The number of carbonyl (C=O) groups excluding carboxylic acids is 1. The van der Waals surface area contributed by atoms with Crippen molar-refractivity contribution < 1.29 is 9.18 Å². The zero-order valence-electron chi connectivity index (χ0n) is 14.6. The highest BCUT2D eigenvalue weighted by molar-refractivity contribution is 8.00. The number of rotatable bonds is 2. The van der Waals surface area contributed by atoms with E-state index in [0.717, 1.165) is 33.9 Å². The van der Waals surface area contributed by atoms with Gasteiger partial charge in [-0.25, -0.2) is 9.07 Å². The molecule has 3 heterocycles. The van der Waals surface area contributed by atoms with Crippen molar-refractivity contribution in [1.29, 1.82) is 0 Å². The van der Waals surface area contributed by atoms with E-state index in [1.54, 1.807) is 23.9 Å². The predicted octanol–water partition coefficient (Wildman–Crippen LogP) is 3.43. The molecule has 3 aromatic rings. The van der Waals surface area contributed by atoms with E-state index < -0.39 is 0 Å². The third-order valence-electron chi connectivity index (χ3n) is 4.58. The van der Waals surface area contributed by atoms with Crippen LogP contribution in [0.25, 0.3) is 5.69 Å². The third kappa shape index (κ3) is 2.70. The Labute approximate surface area is 154 Å². The minimum absolute atomic E-state index is 0.0584. The lowest BCUT2D eigenvalue weighted by Crippen LogP contribution is -2.12. The maximum absolute atomic E-state index is 13.3. The van der Waals surface area contributed by atoms with Crippen LogP contribution in [-0.4, -0.2) is 31.6 Å². The second-order valence-corrected chi connectivity index (χ2v) is 7.42. The lowest BCUT2D eigenvalue weighted by molar-refractivity contribution is -0.113. The Morgan fingerprint density at radius 2 is 1.92 bits per heavy atom. The van der Waals surface area contributed by atoms with Crippen LogP contribution in [0.2, 0.25) is 0 Å². The SMILES string of the molecule is Cc1nn(-c2ccc(F)cc2)c(C)c1C1SCC(=O)Nc2n[nH]c(C)c21. The molecule has 0 radical (unpaired) electrons. The van der Waals surface area contributed by atoms with Gasteiger partial charge in [-0.2, -0.15) is 10.2 Å². The Balaban J connectivity index is 1.85. The Morgan fingerprint density at radius 3 is 2.65 bits per heavy atom. The summed E-state index contributed by atoms with van der Waals surface area (Å²) in [4.78, 5) is 12.0. The van der Waals surface area contributed by atoms with Crippen LogP contribution in [-0.2, 0) is 4.79 Å². The summed E-state index contributed by atoms with van der Waals surface area (Å²) in [5, 5.41) is 14.7. The van der Waals surface area contributed by atoms with E-state index >= 15 is 0 Å². The molecule has 0 spiro atoms. The standard InChI is InChI=1S/C18H18FN5OS/c1-9-16-17(26-8-14(25)20-18(16)22-21-9)15-10(2)23-24(11(15)3)13-6-4-12(19)5-7-13/h4-7,17H,8H2,1-3H3,(H2,20,21,22,25). The number of aryl methyl sites for hydroxylation is 2. The molecule has 1 amide bonds. The molecule has 1 aliphatic heterocycles. The van der Waals surface area contributed by atoms with Gasteiger partial charge in [0.15, 0.2) is 5.82 Å². The Bertz CT molecular complexity index is 992. The minimum Gasteiger partial charge on any atom is -0.308 e. The van der Waals surface area contributed by atoms with Gasteiger partial charge in [-0.3, -0.25) is 9.89 Å². The van der Waals surface area contributed by atoms with Gasteiger partial charge >= 0.3 is 0 Å². The second kappa shape index (κ2) is 6.28. The first-order valence-electron chi connectivity index (χ1n) is 8.24. The van der Waals surface area contributed by atoms with Crippen LogP contribution in [0.5, 0.6) is 0 Å². The smallest absolute Gasteiger partial charge is 0.235 e. The molecular formula is C18H18FN5OS. The average molecular weight is 371 g/mol. The Kier molecular flexibility index (Phi) is 4.07. The molecule has 4 rings (SSSR count). The number of thioether (sulfide) groups is 1. The quantitative estimate of drug-likeness (QED) is 0.724. The summed E-state index contributed by atoms with van der Waals surface area (Å²) >= 11 is 1.56. The number of fused-ring (bicyclic) bond motifs is 1. The van der Waals surface area contributed by atoms with Crippen molar-refractivity contribution in [2.45, 2.75) is 26.0 Å². The molecule has 0 saturated heterocycles. The van der Waals surface area contributed by atoms with Crippen molar-refractivity contribution in [2.24, 2.45) is 0 Å². The monoisotopic (exact) mass is 371 g/mol. The van der Waals surface area contributed by atoms with Crippen LogP contribution < -0.4 is 5.32 Å². The minimum atomic E-state index is -0.280. The summed E-state index contributed by atoms with van der Waals surface area (Å²) < 4.78 is 15.1. The molecule has 8 heteroatoms. The summed E-state index contributed by atoms with van der Waals surface area (Å²) in [5.41, 5.74) is 5.60. The van der Waals surface area contributed by atoms with Gasteiger partial charge in [-0.05, 0) is 45.0 Å². The fraction of sp³-hybridized carbons (Fsp3) is 0.278. The Hall–Kier alpha value is -2.61. The number of halogens is 1. The fourth-order valence-electron chi connectivity index (χ4n) is 3.36. The number of anilines is 1. The van der Waals surface area contributed by atoms with Gasteiger partial charge in [0.05, 0.1) is 22.4 Å². The van der Waals surface area contributed by atoms with Crippen molar-refractivity contribution >= 4 is 23.5 Å². The van der Waals surface area contributed by atoms with Crippen LogP contribution in [0, 0.1) is 26.6 Å². The number of nitrogens with zero attached hydrogens (tertiary/aromatic N) is 3. The van der Waals surface area contributed by atoms with E-state index in [0.29, 0.717) is 11.6 Å². The van der Waals surface area contributed by atoms with Crippen molar-refractivity contribution in [3.8, 4) is 5.69 Å². The van der Waals surface area contributed by atoms with Gasteiger partial charge in [0.25, 0.3) is 0 Å². The molecule has 26 heavy (non-hydrogen) atoms. The largest absolute Gasteiger partial charge is 0.308 e. The lowest BCUT2D eigenvalue weighted by atomic mass is 10.0. The molecule has 0 saturated carbocycles. The van der Waals surface area contributed by atoms with Gasteiger partial charge in [-0.1, -0.05) is 0 Å². The van der Waals surface area contributed by atoms with Crippen molar-refractivity contribution in [3.05, 3.63) is 58.3 Å². The molecule has 1 aromatic carbocycles. The molecular weight excluding hydrogens is 353 g/mol. The predicted molar refractivity (Wildman–Crippen MR) is 99.3 cm³/mol. The van der Waals surface area contributed by atoms with Gasteiger partial charge in [0.1, 0.15) is 5.82 Å². The van der Waals surface area contributed by atoms with Crippen LogP contribution in [0.1, 0.15) is 33.5 Å². The Morgan fingerprint density at radius 1 is 1.19 bits per heavy atom. The van der Waals surface area contributed by atoms with Crippen molar-refractivity contribution in [1.82, 2.24) is 20.0 Å². The van der Waals surface area contributed by atoms with Crippen molar-refractivity contribution in [2.75, 3.05) is 11.1 Å². The lowest BCUT2D eigenvalue weighted by Gasteiger charge is -2.16. The number of nitrogens with one attached hydrogen (secondary N) is 2. The molecule has 1 unspecified atom stereocenters. The van der Waals surface area contributed by atoms with Crippen molar-refractivity contribution in [3.63, 3.8) is 0 Å². The molecule has 0 fully saturated rings. The van der Waals surface area contributed by atoms with Gasteiger partial charge in [0.2, 0.25) is 5.91 Å². The number of carbonyl (C=O) groups is 1. The molecule has 134 valence electrons. The highest BCUT2D eigenvalue weighted by atomic mass is 32.2. The van der Waals surface area contributed by atoms with Crippen LogP contribution in [0.15, 0.2) is 24.3 Å². The number of aromatic amines is 1. The van der Waals surface area contributed by atoms with Gasteiger partial charge < -0.3 is 5.32 Å². The summed E-state index contributed by atoms with van der Waals surface area (Å²) in [6.07, 6.45) is 0. The van der Waals surface area contributed by atoms with E-state index in [4.69, 9.17) is 0 Å². The first-order valence-corrected chi connectivity index (χ1v) is 9.29. The van der Waals surface area contributed by atoms with Gasteiger partial charge in [-0.15, -0.1) is 11.8 Å². The summed E-state index contributed by atoms with van der Waals surface area (Å²) in [6, 6.07) is 6.26. The first-order chi connectivity index (χ1) is 12.5. The molecule has 0 bridgehead atoms. The molecule has 2 N–H and O–H groups in total. The first kappa shape index (κ1) is 16.8. The topological polar surface area (TPSA) is 75.6 Å². The third-order valence-corrected chi connectivity index (χ3v) is 5.81. The number of H-pyrrole nitrogens is 1. The molecule has 2 aromatic heterocycles. The van der Waals surface area contributed by atoms with E-state index in [2.05, 4.69) is 20.6 Å². The van der Waals surface area contributed by atoms with Crippen LogP contribution >= 0.6 is 11.8 Å². The second-order valence-electron chi connectivity index (χ2n) is 6.32. The van der Waals surface area contributed by atoms with E-state index in [1.807, 2.05) is 25.5 Å². The number of benzene rings is 1. The number of aromatic nitrogens is 4. The maximum Gasteiger partial charge on any atom is 0.235 e. The average Bonchev–Trinajstić information content (AvgIpc) is 3.04. The zero-order valence-corrected chi connectivity index (χ0v) is 15.4. The molecule has 1 aliphatic rings. The van der Waals surface area contributed by atoms with E-state index in [1.165, 1.54) is 12.1 Å². The number of hydrogen-bond donors (Lipinski definition) is 2. The molecule has 0 aliphatic carbocycles. The fourth-order valence-corrected chi connectivity index (χ4v) is 4.71. The van der Waals surface area contributed by atoms with E-state index in [9.17, 15) is 9.18 Å². The van der Waals surface area contributed by atoms with Gasteiger partial charge in [0, 0.05) is 22.5 Å². The normalized spacial score (nSPS) is 16.9. The highest BCUT2D eigenvalue weighted by Crippen LogP contribution is 2.44. The van der Waals surface area contributed by atoms with Crippen LogP contribution in [0.4, 0.5) is 10.2 Å². The summed E-state index contributed by atoms with van der Waals surface area (Å²) in [5.74, 6) is 0.585. The molecule has 6 nitrogen and oxygen atoms in total. The number of amides is 1. The van der Waals surface area contributed by atoms with E-state index in [-0.39, 0.29) is 17.0 Å². The zero-order chi connectivity index (χ0) is 18.4. The summed E-state index contributed by atoms with van der Waals surface area (Å²) in [6.45, 7) is 5.90. The summed E-state index contributed by atoms with van der Waals surface area (Å²) in [7, 11) is 0. The number of hydrogen-bond acceptors (Lipinski definition) is 4. The highest BCUT2D eigenvalue weighted by Gasteiger charge is 2.32.